The number of hydrogen-bond acceptors (Lipinski definition) is 12. The van der Waals surface area contributed by atoms with Crippen molar-refractivity contribution in [3.63, 3.8) is 0 Å². The fourth-order valence-corrected chi connectivity index (χ4v) is 8.11. The average Bonchev–Trinajstić information content (AvgIpc) is 3.24. The van der Waals surface area contributed by atoms with Gasteiger partial charge >= 0.3 is 0 Å². The van der Waals surface area contributed by atoms with Crippen LogP contribution in [0.15, 0.2) is 83.3 Å². The van der Waals surface area contributed by atoms with Crippen molar-refractivity contribution in [3.8, 4) is 23.0 Å². The molecule has 0 amide bonds. The zero-order valence-electron chi connectivity index (χ0n) is 38.6. The Bertz CT molecular complexity index is 2050. The molecule has 0 atom stereocenters. The van der Waals surface area contributed by atoms with Gasteiger partial charge in [-0.1, -0.05) is 60.7 Å². The molecule has 0 saturated carbocycles. The zero-order chi connectivity index (χ0) is 46.2. The molecule has 0 aliphatic heterocycles. The lowest BCUT2D eigenvalue weighted by Gasteiger charge is -2.24. The van der Waals surface area contributed by atoms with Gasteiger partial charge in [0.2, 0.25) is 0 Å². The van der Waals surface area contributed by atoms with Crippen LogP contribution in [0.25, 0.3) is 0 Å². The summed E-state index contributed by atoms with van der Waals surface area (Å²) in [4.78, 5) is 25.7. The van der Waals surface area contributed by atoms with Crippen molar-refractivity contribution >= 4 is 11.6 Å². The van der Waals surface area contributed by atoms with Crippen molar-refractivity contribution in [2.75, 3.05) is 81.3 Å². The molecule has 5 rings (SSSR count). The van der Waals surface area contributed by atoms with Crippen LogP contribution in [-0.2, 0) is 67.1 Å². The Hall–Kier alpha value is -5.66. The monoisotopic (exact) mass is 880 g/mol. The molecule has 12 nitrogen and oxygen atoms in total. The molecule has 8 bridgehead atoms. The summed E-state index contributed by atoms with van der Waals surface area (Å²) in [6.45, 7) is 8.60. The van der Waals surface area contributed by atoms with Gasteiger partial charge in [0.25, 0.3) is 0 Å². The first-order valence-electron chi connectivity index (χ1n) is 21.7. The van der Waals surface area contributed by atoms with Gasteiger partial charge in [-0.05, 0) is 83.3 Å². The van der Waals surface area contributed by atoms with E-state index in [2.05, 4.69) is 0 Å². The number of benzene rings is 4. The minimum atomic E-state index is -0.210. The molecule has 2 N–H and O–H groups in total. The predicted octanol–water partition coefficient (Wildman–Crippen LogP) is 8.39. The molecule has 0 radical (unpaired) electrons. The van der Waals surface area contributed by atoms with Crippen molar-refractivity contribution in [3.05, 3.63) is 139 Å². The Balaban J connectivity index is 1.88. The van der Waals surface area contributed by atoms with Crippen molar-refractivity contribution in [1.82, 2.24) is 0 Å². The number of hydrogen-bond donors (Lipinski definition) is 2. The molecular weight excluding hydrogens is 817 g/mol. The van der Waals surface area contributed by atoms with Crippen LogP contribution in [0, 0.1) is 0 Å². The second kappa shape index (κ2) is 24.4. The fourth-order valence-electron chi connectivity index (χ4n) is 8.11. The fraction of sp³-hybridized carbons (Fsp3) is 0.423. The summed E-state index contributed by atoms with van der Waals surface area (Å²) in [6, 6.07) is 20.3. The number of Topliss-reactive ketones (excluding diaryl/α,β-unsaturated/α-hetero) is 2. The maximum Gasteiger partial charge on any atom is 0.159 e. The first kappa shape index (κ1) is 49.4. The van der Waals surface area contributed by atoms with Gasteiger partial charge in [-0.15, -0.1) is 0 Å². The van der Waals surface area contributed by atoms with E-state index >= 15 is 0 Å². The van der Waals surface area contributed by atoms with Crippen LogP contribution in [-0.4, -0.2) is 103 Å². The lowest BCUT2D eigenvalue weighted by Crippen LogP contribution is -2.14. The summed E-state index contributed by atoms with van der Waals surface area (Å²) in [7, 11) is 6.53. The minimum Gasteiger partial charge on any atom is -0.512 e. The molecule has 4 aromatic rings. The largest absolute Gasteiger partial charge is 0.512 e. The highest BCUT2D eigenvalue weighted by molar-refractivity contribution is 5.94. The van der Waals surface area contributed by atoms with Crippen LogP contribution in [0.4, 0.5) is 0 Å². The van der Waals surface area contributed by atoms with Crippen molar-refractivity contribution in [2.45, 2.75) is 66.2 Å². The second-order valence-corrected chi connectivity index (χ2v) is 16.0. The topological polar surface area (TPSA) is 148 Å². The van der Waals surface area contributed by atoms with Crippen molar-refractivity contribution in [2.24, 2.45) is 0 Å². The number of allylic oxidation sites excluding steroid dienone is 4. The van der Waals surface area contributed by atoms with E-state index in [0.717, 1.165) is 55.6 Å². The molecule has 0 aromatic heterocycles. The molecule has 4 aromatic carbocycles. The van der Waals surface area contributed by atoms with Crippen LogP contribution < -0.4 is 18.9 Å². The third-order valence-corrected chi connectivity index (χ3v) is 11.1. The average molecular weight is 881 g/mol. The molecule has 0 heterocycles. The van der Waals surface area contributed by atoms with Gasteiger partial charge in [0.15, 0.2) is 11.6 Å². The third kappa shape index (κ3) is 13.2. The summed E-state index contributed by atoms with van der Waals surface area (Å²) in [6.07, 6.45) is 1.97. The number of aliphatic hydroxyl groups excluding tert-OH is 2. The van der Waals surface area contributed by atoms with E-state index < -0.39 is 0 Å². The van der Waals surface area contributed by atoms with Crippen LogP contribution in [0.1, 0.15) is 83.3 Å². The van der Waals surface area contributed by atoms with E-state index in [9.17, 15) is 19.8 Å². The van der Waals surface area contributed by atoms with Gasteiger partial charge < -0.3 is 48.1 Å². The van der Waals surface area contributed by atoms with Crippen molar-refractivity contribution in [1.29, 1.82) is 0 Å². The maximum atomic E-state index is 12.8. The number of aliphatic hydroxyl groups is 2. The maximum absolute atomic E-state index is 12.8. The molecule has 0 fully saturated rings. The number of ketones is 2. The smallest absolute Gasteiger partial charge is 0.159 e. The number of carbonyl (C=O) groups is 2. The van der Waals surface area contributed by atoms with E-state index in [1.165, 1.54) is 27.7 Å². The van der Waals surface area contributed by atoms with E-state index in [1.807, 2.05) is 60.7 Å². The summed E-state index contributed by atoms with van der Waals surface area (Å²) >= 11 is 0. The summed E-state index contributed by atoms with van der Waals surface area (Å²) in [5.41, 5.74) is 9.31. The van der Waals surface area contributed by atoms with E-state index in [4.69, 9.17) is 37.9 Å². The molecule has 0 saturated heterocycles. The van der Waals surface area contributed by atoms with Crippen LogP contribution in [0.2, 0.25) is 0 Å². The number of ether oxygens (including phenoxy) is 8. The lowest BCUT2D eigenvalue weighted by molar-refractivity contribution is -0.114. The Morgan fingerprint density at radius 1 is 0.422 bits per heavy atom. The number of fused-ring (bicyclic) bond motifs is 8. The zero-order valence-corrected chi connectivity index (χ0v) is 38.6. The van der Waals surface area contributed by atoms with Gasteiger partial charge in [0, 0.05) is 78.1 Å². The molecule has 0 unspecified atom stereocenters. The molecule has 64 heavy (non-hydrogen) atoms. The Labute approximate surface area is 377 Å². The van der Waals surface area contributed by atoms with Crippen LogP contribution in [0.5, 0.6) is 23.0 Å². The Morgan fingerprint density at radius 3 is 0.891 bits per heavy atom. The highest BCUT2D eigenvalue weighted by Gasteiger charge is 2.25. The molecule has 344 valence electrons. The molecule has 1 aliphatic carbocycles. The molecule has 0 spiro atoms. The Morgan fingerprint density at radius 2 is 0.672 bits per heavy atom. The molecular formula is C52H64O12. The van der Waals surface area contributed by atoms with Gasteiger partial charge in [0.1, 0.15) is 49.4 Å². The standard InChI is InChI=1S/C52H64O12/c1-33(53)47(34(2)54)27-37-23-43-29-39-11-9-13-41(49(39)61-19-15-57-5)31-45-25-38(28-48(35(3)55)36(4)56)26-46(52(45)64-22-18-60-8)32-42-14-10-12-40(50(42)62-20-16-58-6)30-44(24-37)51(43)63-21-17-59-7/h9-14,23-26,53,55H,15-22,27-32H2,1-8H3. The number of para-hydroxylation sites is 2. The van der Waals surface area contributed by atoms with Crippen molar-refractivity contribution < 1.29 is 57.7 Å². The van der Waals surface area contributed by atoms with Crippen LogP contribution in [0.3, 0.4) is 0 Å². The first-order valence-corrected chi connectivity index (χ1v) is 21.7. The Kier molecular flexibility index (Phi) is 18.8. The molecule has 1 aliphatic rings. The summed E-state index contributed by atoms with van der Waals surface area (Å²) in [5.74, 6) is 2.26. The lowest BCUT2D eigenvalue weighted by atomic mass is 9.88. The second-order valence-electron chi connectivity index (χ2n) is 16.0. The third-order valence-electron chi connectivity index (χ3n) is 11.1. The number of methoxy groups -OCH3 is 4. The van der Waals surface area contributed by atoms with Gasteiger partial charge in [0.05, 0.1) is 37.9 Å². The van der Waals surface area contributed by atoms with E-state index in [-0.39, 0.29) is 62.4 Å². The first-order chi connectivity index (χ1) is 30.9. The highest BCUT2D eigenvalue weighted by atomic mass is 16.5. The minimum absolute atomic E-state index is 0.0227. The van der Waals surface area contributed by atoms with Gasteiger partial charge in [-0.2, -0.15) is 0 Å². The van der Waals surface area contributed by atoms with Gasteiger partial charge in [-0.25, -0.2) is 0 Å². The quantitative estimate of drug-likeness (QED) is 0.0391. The summed E-state index contributed by atoms with van der Waals surface area (Å²) < 4.78 is 48.4. The van der Waals surface area contributed by atoms with E-state index in [0.29, 0.717) is 86.3 Å². The highest BCUT2D eigenvalue weighted by Crippen LogP contribution is 2.40. The molecule has 12 heteroatoms. The van der Waals surface area contributed by atoms with Crippen LogP contribution >= 0.6 is 0 Å². The SMILES string of the molecule is COCCOc1c2cccc1Cc1cc(CC(C(C)=O)=C(C)O)cc(c1OCCOC)Cc1cccc(c1OCCOC)Cc1cc(CC(C(C)=O)=C(C)O)cc(c1OCCOC)C2. The van der Waals surface area contributed by atoms with Gasteiger partial charge in [-0.3, -0.25) is 9.59 Å². The van der Waals surface area contributed by atoms with E-state index in [1.54, 1.807) is 28.4 Å². The number of carbonyl (C=O) groups excluding carboxylic acids is 2. The normalized spacial score (nSPS) is 13.1. The predicted molar refractivity (Wildman–Crippen MR) is 246 cm³/mol. The summed E-state index contributed by atoms with van der Waals surface area (Å²) in [5, 5.41) is 21.3. The number of rotatable bonds is 22.